The lowest BCUT2D eigenvalue weighted by Crippen LogP contribution is -2.04. The van der Waals surface area contributed by atoms with Crippen molar-refractivity contribution >= 4 is 5.78 Å². The summed E-state index contributed by atoms with van der Waals surface area (Å²) in [5.74, 6) is -0.929. The maximum absolute atomic E-state index is 12.3. The van der Waals surface area contributed by atoms with Gasteiger partial charge in [-0.25, -0.2) is 9.36 Å². The van der Waals surface area contributed by atoms with Crippen LogP contribution in [0.25, 0.3) is 0 Å². The van der Waals surface area contributed by atoms with E-state index in [2.05, 4.69) is 10.2 Å². The number of carbonyl (C=O) groups excluding carboxylic acids is 1. The van der Waals surface area contributed by atoms with Crippen molar-refractivity contribution in [2.24, 2.45) is 14.1 Å². The summed E-state index contributed by atoms with van der Waals surface area (Å²) in [7, 11) is 3.07. The fraction of sp³-hybridized carbons (Fsp3) is 0.364. The number of ketones is 1. The van der Waals surface area contributed by atoms with Gasteiger partial charge in [0.25, 0.3) is 0 Å². The summed E-state index contributed by atoms with van der Waals surface area (Å²) in [4.78, 5) is 12.3. The van der Waals surface area contributed by atoms with Crippen LogP contribution in [0.1, 0.15) is 27.3 Å². The molecule has 2 heterocycles. The number of aromatic hydroxyl groups is 2. The van der Waals surface area contributed by atoms with Gasteiger partial charge in [-0.2, -0.15) is 10.2 Å². The molecule has 2 rings (SSSR count). The average Bonchev–Trinajstić information content (AvgIpc) is 2.66. The van der Waals surface area contributed by atoms with Crippen LogP contribution in [0.2, 0.25) is 0 Å². The molecule has 0 saturated heterocycles. The van der Waals surface area contributed by atoms with Gasteiger partial charge in [0.15, 0.2) is 0 Å². The van der Waals surface area contributed by atoms with E-state index < -0.39 is 5.78 Å². The number of hydrogen-bond donors (Lipinski definition) is 2. The molecule has 0 fully saturated rings. The first kappa shape index (κ1) is 12.2. The molecule has 7 heteroatoms. The normalized spacial score (nSPS) is 10.9. The van der Waals surface area contributed by atoms with Crippen LogP contribution in [0.15, 0.2) is 0 Å². The predicted octanol–water partition coefficient (Wildman–Crippen LogP) is 0.413. The summed E-state index contributed by atoms with van der Waals surface area (Å²) in [6.45, 7) is 3.24. The largest absolute Gasteiger partial charge is 0.493 e. The third-order valence-electron chi connectivity index (χ3n) is 2.84. The molecule has 0 amide bonds. The lowest BCUT2D eigenvalue weighted by molar-refractivity contribution is 0.103. The van der Waals surface area contributed by atoms with E-state index in [0.717, 1.165) is 0 Å². The van der Waals surface area contributed by atoms with E-state index in [4.69, 9.17) is 0 Å². The molecule has 2 aromatic heterocycles. The second-order valence-corrected chi connectivity index (χ2v) is 4.14. The molecule has 0 spiro atoms. The Kier molecular flexibility index (Phi) is 2.61. The van der Waals surface area contributed by atoms with Gasteiger partial charge in [-0.3, -0.25) is 4.79 Å². The fourth-order valence-corrected chi connectivity index (χ4v) is 1.95. The highest BCUT2D eigenvalue weighted by Crippen LogP contribution is 2.28. The molecule has 0 radical (unpaired) electrons. The van der Waals surface area contributed by atoms with Gasteiger partial charge >= 0.3 is 0 Å². The molecule has 96 valence electrons. The highest BCUT2D eigenvalue weighted by atomic mass is 16.3. The Hall–Kier alpha value is -2.31. The van der Waals surface area contributed by atoms with Crippen LogP contribution in [0.5, 0.6) is 11.8 Å². The minimum Gasteiger partial charge on any atom is -0.493 e. The average molecular weight is 250 g/mol. The molecule has 0 aromatic carbocycles. The Morgan fingerprint density at radius 3 is 1.50 bits per heavy atom. The van der Waals surface area contributed by atoms with Gasteiger partial charge in [0.05, 0.1) is 11.4 Å². The Labute approximate surface area is 103 Å². The first-order valence-electron chi connectivity index (χ1n) is 5.34. The molecule has 0 saturated carbocycles. The van der Waals surface area contributed by atoms with Gasteiger partial charge in [0, 0.05) is 14.1 Å². The second-order valence-electron chi connectivity index (χ2n) is 4.14. The highest BCUT2D eigenvalue weighted by molar-refractivity contribution is 6.13. The summed E-state index contributed by atoms with van der Waals surface area (Å²) < 4.78 is 2.43. The van der Waals surface area contributed by atoms with Crippen LogP contribution >= 0.6 is 0 Å². The van der Waals surface area contributed by atoms with Crippen molar-refractivity contribution in [1.29, 1.82) is 0 Å². The van der Waals surface area contributed by atoms with Gasteiger partial charge in [-0.05, 0) is 13.8 Å². The molecule has 0 aliphatic rings. The number of aryl methyl sites for hydroxylation is 4. The van der Waals surface area contributed by atoms with Gasteiger partial charge < -0.3 is 10.2 Å². The minimum atomic E-state index is -0.485. The van der Waals surface area contributed by atoms with Crippen molar-refractivity contribution in [2.45, 2.75) is 13.8 Å². The van der Waals surface area contributed by atoms with Crippen molar-refractivity contribution in [3.8, 4) is 11.8 Å². The number of nitrogens with zero attached hydrogens (tertiary/aromatic N) is 4. The quantitative estimate of drug-likeness (QED) is 0.753. The molecule has 7 nitrogen and oxygen atoms in total. The molecule has 0 aliphatic carbocycles. The van der Waals surface area contributed by atoms with E-state index in [1.54, 1.807) is 13.8 Å². The number of hydrogen-bond acceptors (Lipinski definition) is 5. The van der Waals surface area contributed by atoms with E-state index in [-0.39, 0.29) is 22.9 Å². The van der Waals surface area contributed by atoms with Crippen LogP contribution in [-0.2, 0) is 14.1 Å². The zero-order chi connectivity index (χ0) is 13.6. The molecule has 0 bridgehead atoms. The number of aromatic nitrogens is 4. The third-order valence-corrected chi connectivity index (χ3v) is 2.84. The fourth-order valence-electron chi connectivity index (χ4n) is 1.95. The maximum Gasteiger partial charge on any atom is 0.220 e. The summed E-state index contributed by atoms with van der Waals surface area (Å²) >= 11 is 0. The van der Waals surface area contributed by atoms with Gasteiger partial charge in [0.1, 0.15) is 11.1 Å². The molecule has 2 N–H and O–H groups in total. The monoisotopic (exact) mass is 250 g/mol. The maximum atomic E-state index is 12.3. The van der Waals surface area contributed by atoms with Crippen molar-refractivity contribution < 1.29 is 15.0 Å². The lowest BCUT2D eigenvalue weighted by Gasteiger charge is -2.00. The smallest absolute Gasteiger partial charge is 0.220 e. The van der Waals surface area contributed by atoms with E-state index in [9.17, 15) is 15.0 Å². The van der Waals surface area contributed by atoms with Gasteiger partial charge in [0.2, 0.25) is 17.5 Å². The Morgan fingerprint density at radius 2 is 1.28 bits per heavy atom. The molecule has 2 aromatic rings. The van der Waals surface area contributed by atoms with Gasteiger partial charge in [-0.1, -0.05) is 0 Å². The molecular formula is C11H14N4O3. The molecule has 0 unspecified atom stereocenters. The van der Waals surface area contributed by atoms with Crippen LogP contribution in [-0.4, -0.2) is 35.6 Å². The summed E-state index contributed by atoms with van der Waals surface area (Å²) in [5, 5.41) is 27.5. The van der Waals surface area contributed by atoms with Crippen molar-refractivity contribution in [1.82, 2.24) is 19.6 Å². The van der Waals surface area contributed by atoms with Crippen molar-refractivity contribution in [3.05, 3.63) is 22.5 Å². The Balaban J connectivity index is 2.62. The zero-order valence-corrected chi connectivity index (χ0v) is 10.6. The SMILES string of the molecule is Cc1nn(C)c(O)c1C(=O)c1c(C)nn(C)c1O. The number of rotatable bonds is 2. The predicted molar refractivity (Wildman–Crippen MR) is 62.7 cm³/mol. The standard InChI is InChI=1S/C11H14N4O3/c1-5-7(10(17)14(3)12-5)9(16)8-6(2)13-15(4)11(8)18/h17-18H,1-4H3. The summed E-state index contributed by atoms with van der Waals surface area (Å²) in [6.07, 6.45) is 0. The third kappa shape index (κ3) is 1.55. The zero-order valence-electron chi connectivity index (χ0n) is 10.6. The molecule has 18 heavy (non-hydrogen) atoms. The Bertz CT molecular complexity index is 585. The van der Waals surface area contributed by atoms with Gasteiger partial charge in [-0.15, -0.1) is 0 Å². The molecule has 0 aliphatic heterocycles. The van der Waals surface area contributed by atoms with E-state index >= 15 is 0 Å². The second kappa shape index (κ2) is 3.86. The van der Waals surface area contributed by atoms with Crippen molar-refractivity contribution in [3.63, 3.8) is 0 Å². The minimum absolute atomic E-state index is 0.0869. The van der Waals surface area contributed by atoms with Crippen molar-refractivity contribution in [2.75, 3.05) is 0 Å². The first-order chi connectivity index (χ1) is 8.34. The first-order valence-corrected chi connectivity index (χ1v) is 5.34. The van der Waals surface area contributed by atoms with E-state index in [1.807, 2.05) is 0 Å². The molecule has 0 atom stereocenters. The highest BCUT2D eigenvalue weighted by Gasteiger charge is 2.27. The van der Waals surface area contributed by atoms with E-state index in [0.29, 0.717) is 11.4 Å². The van der Waals surface area contributed by atoms with Crippen LogP contribution < -0.4 is 0 Å². The van der Waals surface area contributed by atoms with Crippen LogP contribution in [0.4, 0.5) is 0 Å². The van der Waals surface area contributed by atoms with Crippen LogP contribution in [0.3, 0.4) is 0 Å². The molecular weight excluding hydrogens is 236 g/mol. The summed E-state index contributed by atoms with van der Waals surface area (Å²) in [6, 6.07) is 0. The summed E-state index contributed by atoms with van der Waals surface area (Å²) in [5.41, 5.74) is 0.984. The van der Waals surface area contributed by atoms with Crippen LogP contribution in [0, 0.1) is 13.8 Å². The topological polar surface area (TPSA) is 93.2 Å². The van der Waals surface area contributed by atoms with E-state index in [1.165, 1.54) is 23.5 Å². The lowest BCUT2D eigenvalue weighted by atomic mass is 10.0. The Morgan fingerprint density at radius 1 is 0.944 bits per heavy atom. The number of carbonyl (C=O) groups is 1.